The van der Waals surface area contributed by atoms with Crippen LogP contribution >= 0.6 is 0 Å². The van der Waals surface area contributed by atoms with Gasteiger partial charge in [0.15, 0.2) is 0 Å². The molecular formula is C14H14N2O5. The van der Waals surface area contributed by atoms with Crippen molar-refractivity contribution in [1.29, 1.82) is 0 Å². The molecule has 2 aromatic rings. The van der Waals surface area contributed by atoms with Gasteiger partial charge in [0, 0.05) is 10.9 Å². The predicted molar refractivity (Wildman–Crippen MR) is 73.8 cm³/mol. The third-order valence-electron chi connectivity index (χ3n) is 2.98. The van der Waals surface area contributed by atoms with Crippen LogP contribution in [-0.4, -0.2) is 41.1 Å². The number of H-pyrrole nitrogens is 1. The highest BCUT2D eigenvalue weighted by Gasteiger charge is 2.24. The summed E-state index contributed by atoms with van der Waals surface area (Å²) in [5.41, 5.74) is 0.995. The number of aromatic amines is 1. The number of carbonyl (C=O) groups excluding carboxylic acids is 2. The zero-order chi connectivity index (χ0) is 15.4. The average molecular weight is 290 g/mol. The summed E-state index contributed by atoms with van der Waals surface area (Å²) >= 11 is 0. The van der Waals surface area contributed by atoms with Crippen LogP contribution in [0.15, 0.2) is 30.3 Å². The zero-order valence-corrected chi connectivity index (χ0v) is 11.3. The summed E-state index contributed by atoms with van der Waals surface area (Å²) in [5, 5.41) is 12.1. The van der Waals surface area contributed by atoms with Crippen LogP contribution in [0.3, 0.4) is 0 Å². The second-order valence-electron chi connectivity index (χ2n) is 4.41. The summed E-state index contributed by atoms with van der Waals surface area (Å²) < 4.78 is 4.40. The lowest BCUT2D eigenvalue weighted by Gasteiger charge is -2.12. The number of amides is 1. The van der Waals surface area contributed by atoms with Crippen molar-refractivity contribution in [2.75, 3.05) is 7.11 Å². The van der Waals surface area contributed by atoms with Crippen molar-refractivity contribution in [3.63, 3.8) is 0 Å². The zero-order valence-electron chi connectivity index (χ0n) is 11.3. The quantitative estimate of drug-likeness (QED) is 0.709. The molecule has 7 heteroatoms. The van der Waals surface area contributed by atoms with Crippen molar-refractivity contribution in [3.05, 3.63) is 36.0 Å². The summed E-state index contributed by atoms with van der Waals surface area (Å²) in [7, 11) is 1.15. The number of rotatable bonds is 5. The number of carboxylic acids is 1. The molecule has 0 radical (unpaired) electrons. The first-order valence-corrected chi connectivity index (χ1v) is 6.19. The fourth-order valence-electron chi connectivity index (χ4n) is 1.88. The first-order valence-electron chi connectivity index (χ1n) is 6.19. The number of hydrogen-bond acceptors (Lipinski definition) is 4. The first-order chi connectivity index (χ1) is 10.0. The van der Waals surface area contributed by atoms with Crippen LogP contribution < -0.4 is 5.32 Å². The minimum atomic E-state index is -1.34. The molecule has 0 aliphatic heterocycles. The highest BCUT2D eigenvalue weighted by atomic mass is 16.5. The van der Waals surface area contributed by atoms with Crippen LogP contribution in [0.5, 0.6) is 0 Å². The van der Waals surface area contributed by atoms with Gasteiger partial charge in [-0.25, -0.2) is 4.79 Å². The molecule has 3 N–H and O–H groups in total. The van der Waals surface area contributed by atoms with Crippen molar-refractivity contribution in [2.45, 2.75) is 12.5 Å². The van der Waals surface area contributed by atoms with Gasteiger partial charge in [0.2, 0.25) is 0 Å². The van der Waals surface area contributed by atoms with Gasteiger partial charge in [-0.15, -0.1) is 0 Å². The third-order valence-corrected chi connectivity index (χ3v) is 2.98. The normalized spacial score (nSPS) is 11.9. The summed E-state index contributed by atoms with van der Waals surface area (Å²) in [5.74, 6) is -2.60. The van der Waals surface area contributed by atoms with E-state index in [-0.39, 0.29) is 5.69 Å². The van der Waals surface area contributed by atoms with Gasteiger partial charge in [-0.2, -0.15) is 0 Å². The van der Waals surface area contributed by atoms with Gasteiger partial charge in [-0.3, -0.25) is 9.59 Å². The minimum absolute atomic E-state index is 0.229. The molecule has 110 valence electrons. The lowest BCUT2D eigenvalue weighted by atomic mass is 10.2. The Balaban J connectivity index is 2.14. The van der Waals surface area contributed by atoms with Crippen molar-refractivity contribution in [3.8, 4) is 0 Å². The number of aliphatic carboxylic acids is 1. The number of nitrogens with one attached hydrogen (secondary N) is 2. The number of carbonyl (C=O) groups is 3. The van der Waals surface area contributed by atoms with Gasteiger partial charge in [0.25, 0.3) is 5.91 Å². The van der Waals surface area contributed by atoms with Crippen LogP contribution in [0.25, 0.3) is 10.9 Å². The topological polar surface area (TPSA) is 108 Å². The summed E-state index contributed by atoms with van der Waals surface area (Å²) in [6, 6.07) is 7.55. The number of fused-ring (bicyclic) bond motifs is 1. The molecular weight excluding hydrogens is 276 g/mol. The Bertz CT molecular complexity index is 658. The Labute approximate surface area is 119 Å². The highest BCUT2D eigenvalue weighted by Crippen LogP contribution is 2.14. The maximum absolute atomic E-state index is 12.0. The summed E-state index contributed by atoms with van der Waals surface area (Å²) in [6.07, 6.45) is -0.433. The molecule has 1 amide bonds. The third kappa shape index (κ3) is 3.38. The lowest BCUT2D eigenvalue weighted by Crippen LogP contribution is -2.42. The second-order valence-corrected chi connectivity index (χ2v) is 4.41. The van der Waals surface area contributed by atoms with Crippen molar-refractivity contribution in [1.82, 2.24) is 10.3 Å². The molecule has 0 fully saturated rings. The average Bonchev–Trinajstić information content (AvgIpc) is 2.90. The van der Waals surface area contributed by atoms with Gasteiger partial charge in [-0.1, -0.05) is 18.2 Å². The van der Waals surface area contributed by atoms with Gasteiger partial charge in [-0.05, 0) is 12.1 Å². The Morgan fingerprint density at radius 2 is 2.05 bits per heavy atom. The molecule has 0 saturated heterocycles. The SMILES string of the molecule is COC(=O)C[C@H](NC(=O)c1cc2ccccc2[nH]1)C(=O)O. The minimum Gasteiger partial charge on any atom is -0.480 e. The van der Waals surface area contributed by atoms with Crippen LogP contribution in [0.2, 0.25) is 0 Å². The van der Waals surface area contributed by atoms with E-state index in [1.807, 2.05) is 18.2 Å². The van der Waals surface area contributed by atoms with Gasteiger partial charge < -0.3 is 20.1 Å². The molecule has 1 aromatic carbocycles. The van der Waals surface area contributed by atoms with Gasteiger partial charge in [0.1, 0.15) is 11.7 Å². The number of hydrogen-bond donors (Lipinski definition) is 3. The number of ether oxygens (including phenoxy) is 1. The highest BCUT2D eigenvalue weighted by molar-refractivity contribution is 6.00. The molecule has 1 atom stereocenters. The molecule has 0 aliphatic rings. The van der Waals surface area contributed by atoms with Crippen molar-refractivity contribution >= 4 is 28.7 Å². The van der Waals surface area contributed by atoms with E-state index in [2.05, 4.69) is 15.0 Å². The van der Waals surface area contributed by atoms with E-state index in [0.717, 1.165) is 18.0 Å². The monoisotopic (exact) mass is 290 g/mol. The molecule has 0 saturated carbocycles. The number of methoxy groups -OCH3 is 1. The van der Waals surface area contributed by atoms with E-state index < -0.39 is 30.3 Å². The number of esters is 1. The Morgan fingerprint density at radius 3 is 2.67 bits per heavy atom. The van der Waals surface area contributed by atoms with Crippen LogP contribution in [0.1, 0.15) is 16.9 Å². The Kier molecular flexibility index (Phi) is 4.22. The van der Waals surface area contributed by atoms with E-state index in [9.17, 15) is 14.4 Å². The second kappa shape index (κ2) is 6.08. The number of para-hydroxylation sites is 1. The smallest absolute Gasteiger partial charge is 0.326 e. The number of carboxylic acid groups (broad SMARTS) is 1. The maximum atomic E-state index is 12.0. The van der Waals surface area contributed by atoms with Crippen molar-refractivity contribution < 1.29 is 24.2 Å². The summed E-state index contributed by atoms with van der Waals surface area (Å²) in [6.45, 7) is 0. The molecule has 0 bridgehead atoms. The largest absolute Gasteiger partial charge is 0.480 e. The Hall–Kier alpha value is -2.83. The van der Waals surface area contributed by atoms with E-state index in [1.54, 1.807) is 12.1 Å². The number of aromatic nitrogens is 1. The molecule has 0 spiro atoms. The van der Waals surface area contributed by atoms with Gasteiger partial charge >= 0.3 is 11.9 Å². The Morgan fingerprint density at radius 1 is 1.33 bits per heavy atom. The van der Waals surface area contributed by atoms with Gasteiger partial charge in [0.05, 0.1) is 13.5 Å². The maximum Gasteiger partial charge on any atom is 0.326 e. The molecule has 7 nitrogen and oxygen atoms in total. The molecule has 0 aliphatic carbocycles. The molecule has 0 unspecified atom stereocenters. The van der Waals surface area contributed by atoms with Crippen LogP contribution in [0, 0.1) is 0 Å². The van der Waals surface area contributed by atoms with E-state index in [0.29, 0.717) is 0 Å². The molecule has 21 heavy (non-hydrogen) atoms. The first kappa shape index (κ1) is 14.6. The standard InChI is InChI=1S/C14H14N2O5/c1-21-12(17)7-11(14(19)20)16-13(18)10-6-8-4-2-3-5-9(8)15-10/h2-6,11,15H,7H2,1H3,(H,16,18)(H,19,20)/t11-/m0/s1. The summed E-state index contributed by atoms with van der Waals surface area (Å²) in [4.78, 5) is 37.1. The fourth-order valence-corrected chi connectivity index (χ4v) is 1.88. The van der Waals surface area contributed by atoms with Crippen LogP contribution in [0.4, 0.5) is 0 Å². The lowest BCUT2D eigenvalue weighted by molar-refractivity contribution is -0.147. The fraction of sp³-hybridized carbons (Fsp3) is 0.214. The number of benzene rings is 1. The van der Waals surface area contributed by atoms with E-state index >= 15 is 0 Å². The van der Waals surface area contributed by atoms with Crippen molar-refractivity contribution in [2.24, 2.45) is 0 Å². The predicted octanol–water partition coefficient (Wildman–Crippen LogP) is 0.914. The molecule has 1 heterocycles. The molecule has 1 aromatic heterocycles. The van der Waals surface area contributed by atoms with Crippen LogP contribution in [-0.2, 0) is 14.3 Å². The molecule has 2 rings (SSSR count). The van der Waals surface area contributed by atoms with E-state index in [1.165, 1.54) is 0 Å². The van der Waals surface area contributed by atoms with E-state index in [4.69, 9.17) is 5.11 Å².